The molecule has 1 aromatic heterocycles. The summed E-state index contributed by atoms with van der Waals surface area (Å²) in [6.45, 7) is 4.39. The highest BCUT2D eigenvalue weighted by Gasteiger charge is 2.11. The zero-order valence-electron chi connectivity index (χ0n) is 12.0. The van der Waals surface area contributed by atoms with Crippen LogP contribution in [0.1, 0.15) is 43.0 Å². The lowest BCUT2D eigenvalue weighted by atomic mass is 10.1. The van der Waals surface area contributed by atoms with Crippen molar-refractivity contribution >= 4 is 23.2 Å². The van der Waals surface area contributed by atoms with Gasteiger partial charge in [0.2, 0.25) is 0 Å². The first kappa shape index (κ1) is 15.3. The van der Waals surface area contributed by atoms with E-state index in [1.807, 2.05) is 13.0 Å². The van der Waals surface area contributed by atoms with Crippen molar-refractivity contribution in [1.82, 2.24) is 5.32 Å². The molecule has 0 unspecified atom stereocenters. The van der Waals surface area contributed by atoms with Gasteiger partial charge in [-0.25, -0.2) is 4.79 Å². The first-order valence-electron chi connectivity index (χ1n) is 6.71. The molecule has 0 spiro atoms. The average molecular weight is 303 g/mol. The fourth-order valence-electron chi connectivity index (χ4n) is 2.07. The number of nitrogens with one attached hydrogen (secondary N) is 1. The van der Waals surface area contributed by atoms with E-state index in [1.54, 1.807) is 18.2 Å². The summed E-state index contributed by atoms with van der Waals surface area (Å²) in [7, 11) is 0. The molecule has 2 N–H and O–H groups in total. The van der Waals surface area contributed by atoms with Crippen molar-refractivity contribution in [2.75, 3.05) is 0 Å². The van der Waals surface area contributed by atoms with Crippen LogP contribution in [0.4, 0.5) is 0 Å². The molecule has 0 bridgehead atoms. The molecule has 0 aliphatic carbocycles. The van der Waals surface area contributed by atoms with Crippen LogP contribution in [0.3, 0.4) is 0 Å². The van der Waals surface area contributed by atoms with Gasteiger partial charge in [0.15, 0.2) is 0 Å². The van der Waals surface area contributed by atoms with Crippen molar-refractivity contribution in [3.8, 4) is 0 Å². The lowest BCUT2D eigenvalue weighted by Gasteiger charge is -2.04. The highest BCUT2D eigenvalue weighted by Crippen LogP contribution is 2.22. The molecule has 2 rings (SSSR count). The Kier molecular flexibility index (Phi) is 4.75. The highest BCUT2D eigenvalue weighted by atomic mass is 32.1. The Morgan fingerprint density at radius 2 is 2.05 bits per heavy atom. The summed E-state index contributed by atoms with van der Waals surface area (Å²) in [6, 6.07) is 8.49. The van der Waals surface area contributed by atoms with Gasteiger partial charge in [0, 0.05) is 11.4 Å². The average Bonchev–Trinajstić information content (AvgIpc) is 2.86. The largest absolute Gasteiger partial charge is 0.478 e. The number of carbonyl (C=O) groups excluding carboxylic acids is 1. The van der Waals surface area contributed by atoms with Gasteiger partial charge in [-0.2, -0.15) is 0 Å². The van der Waals surface area contributed by atoms with Gasteiger partial charge < -0.3 is 10.4 Å². The topological polar surface area (TPSA) is 66.4 Å². The smallest absolute Gasteiger partial charge is 0.335 e. The van der Waals surface area contributed by atoms with Gasteiger partial charge in [-0.15, -0.1) is 11.3 Å². The standard InChI is InChI=1S/C16H17NO3S/c1-3-12-8-14(21-10(12)2)15(18)17-9-11-5-4-6-13(7-11)16(19)20/h4-8H,3,9H2,1-2H3,(H,17,18)(H,19,20). The molecule has 1 amide bonds. The summed E-state index contributed by atoms with van der Waals surface area (Å²) in [5.41, 5.74) is 2.19. The van der Waals surface area contributed by atoms with E-state index in [0.717, 1.165) is 16.9 Å². The number of amides is 1. The molecule has 5 heteroatoms. The molecule has 0 atom stereocenters. The van der Waals surface area contributed by atoms with Crippen molar-refractivity contribution in [1.29, 1.82) is 0 Å². The molecule has 1 heterocycles. The highest BCUT2D eigenvalue weighted by molar-refractivity contribution is 7.14. The molecule has 0 fully saturated rings. The zero-order chi connectivity index (χ0) is 15.4. The van der Waals surface area contributed by atoms with Crippen LogP contribution in [0.5, 0.6) is 0 Å². The molecule has 0 saturated heterocycles. The molecule has 0 aliphatic heterocycles. The number of carbonyl (C=O) groups is 2. The Balaban J connectivity index is 2.03. The molecule has 110 valence electrons. The number of aryl methyl sites for hydroxylation is 2. The van der Waals surface area contributed by atoms with Crippen LogP contribution >= 0.6 is 11.3 Å². The maximum absolute atomic E-state index is 12.1. The summed E-state index contributed by atoms with van der Waals surface area (Å²) in [5, 5.41) is 11.8. The number of hydrogen-bond donors (Lipinski definition) is 2. The summed E-state index contributed by atoms with van der Waals surface area (Å²) in [5.74, 6) is -1.09. The molecule has 0 radical (unpaired) electrons. The van der Waals surface area contributed by atoms with E-state index in [9.17, 15) is 9.59 Å². The van der Waals surface area contributed by atoms with Gasteiger partial charge in [0.05, 0.1) is 10.4 Å². The third-order valence-corrected chi connectivity index (χ3v) is 4.34. The van der Waals surface area contributed by atoms with Crippen molar-refractivity contribution in [2.45, 2.75) is 26.8 Å². The molecular weight excluding hydrogens is 286 g/mol. The van der Waals surface area contributed by atoms with Crippen molar-refractivity contribution in [2.24, 2.45) is 0 Å². The zero-order valence-corrected chi connectivity index (χ0v) is 12.8. The minimum absolute atomic E-state index is 0.122. The molecule has 1 aromatic carbocycles. The van der Waals surface area contributed by atoms with E-state index in [1.165, 1.54) is 23.0 Å². The Morgan fingerprint density at radius 3 is 2.67 bits per heavy atom. The molecule has 0 saturated carbocycles. The number of aromatic carboxylic acids is 1. The Bertz CT molecular complexity index is 676. The number of hydrogen-bond acceptors (Lipinski definition) is 3. The Labute approximate surface area is 127 Å². The number of carboxylic acid groups (broad SMARTS) is 1. The van der Waals surface area contributed by atoms with Crippen molar-refractivity contribution in [3.05, 3.63) is 56.8 Å². The maximum Gasteiger partial charge on any atom is 0.335 e. The normalized spacial score (nSPS) is 10.4. The SMILES string of the molecule is CCc1cc(C(=O)NCc2cccc(C(=O)O)c2)sc1C. The van der Waals surface area contributed by atoms with Crippen LogP contribution in [-0.2, 0) is 13.0 Å². The number of benzene rings is 1. The molecule has 2 aromatic rings. The Morgan fingerprint density at radius 1 is 1.29 bits per heavy atom. The van der Waals surface area contributed by atoms with E-state index in [-0.39, 0.29) is 11.5 Å². The lowest BCUT2D eigenvalue weighted by molar-refractivity contribution is 0.0696. The molecular formula is C16H17NO3S. The lowest BCUT2D eigenvalue weighted by Crippen LogP contribution is -2.21. The summed E-state index contributed by atoms with van der Waals surface area (Å²) >= 11 is 1.48. The second-order valence-electron chi connectivity index (χ2n) is 4.73. The fourth-order valence-corrected chi connectivity index (χ4v) is 3.10. The van der Waals surface area contributed by atoms with Gasteiger partial charge in [-0.3, -0.25) is 4.79 Å². The van der Waals surface area contributed by atoms with Gasteiger partial charge in [0.25, 0.3) is 5.91 Å². The van der Waals surface area contributed by atoms with Crippen LogP contribution in [0.15, 0.2) is 30.3 Å². The van der Waals surface area contributed by atoms with Crippen LogP contribution in [0, 0.1) is 6.92 Å². The summed E-state index contributed by atoms with van der Waals surface area (Å²) in [6.07, 6.45) is 0.913. The van der Waals surface area contributed by atoms with Gasteiger partial charge in [0.1, 0.15) is 0 Å². The van der Waals surface area contributed by atoms with Crippen LogP contribution < -0.4 is 5.32 Å². The first-order valence-corrected chi connectivity index (χ1v) is 7.52. The Hall–Kier alpha value is -2.14. The monoisotopic (exact) mass is 303 g/mol. The van der Waals surface area contributed by atoms with E-state index < -0.39 is 5.97 Å². The predicted octanol–water partition coefficient (Wildman–Crippen LogP) is 3.25. The molecule has 4 nitrogen and oxygen atoms in total. The molecule has 0 aliphatic rings. The third kappa shape index (κ3) is 3.70. The second-order valence-corrected chi connectivity index (χ2v) is 5.99. The predicted molar refractivity (Wildman–Crippen MR) is 83.0 cm³/mol. The number of carboxylic acids is 1. The quantitative estimate of drug-likeness (QED) is 0.891. The van der Waals surface area contributed by atoms with E-state index in [4.69, 9.17) is 5.11 Å². The van der Waals surface area contributed by atoms with Crippen LogP contribution in [0.2, 0.25) is 0 Å². The fraction of sp³-hybridized carbons (Fsp3) is 0.250. The van der Waals surface area contributed by atoms with E-state index in [2.05, 4.69) is 12.2 Å². The van der Waals surface area contributed by atoms with Crippen LogP contribution in [-0.4, -0.2) is 17.0 Å². The summed E-state index contributed by atoms with van der Waals surface area (Å²) in [4.78, 5) is 24.9. The minimum Gasteiger partial charge on any atom is -0.478 e. The maximum atomic E-state index is 12.1. The van der Waals surface area contributed by atoms with E-state index in [0.29, 0.717) is 11.4 Å². The van der Waals surface area contributed by atoms with E-state index >= 15 is 0 Å². The van der Waals surface area contributed by atoms with Crippen molar-refractivity contribution < 1.29 is 14.7 Å². The number of thiophene rings is 1. The second kappa shape index (κ2) is 6.54. The number of rotatable bonds is 5. The first-order chi connectivity index (χ1) is 10.0. The van der Waals surface area contributed by atoms with Crippen LogP contribution in [0.25, 0.3) is 0 Å². The van der Waals surface area contributed by atoms with Gasteiger partial charge in [-0.1, -0.05) is 19.1 Å². The van der Waals surface area contributed by atoms with Gasteiger partial charge >= 0.3 is 5.97 Å². The third-order valence-electron chi connectivity index (χ3n) is 3.25. The van der Waals surface area contributed by atoms with Crippen molar-refractivity contribution in [3.63, 3.8) is 0 Å². The minimum atomic E-state index is -0.968. The summed E-state index contributed by atoms with van der Waals surface area (Å²) < 4.78 is 0. The van der Waals surface area contributed by atoms with Gasteiger partial charge in [-0.05, 0) is 42.7 Å². The molecule has 21 heavy (non-hydrogen) atoms.